The van der Waals surface area contributed by atoms with Gasteiger partial charge in [0.15, 0.2) is 0 Å². The summed E-state index contributed by atoms with van der Waals surface area (Å²) in [4.78, 5) is 12.3. The molecule has 1 N–H and O–H groups in total. The summed E-state index contributed by atoms with van der Waals surface area (Å²) < 4.78 is 11.0. The molecule has 1 aliphatic carbocycles. The quantitative estimate of drug-likeness (QED) is 0.739. The van der Waals surface area contributed by atoms with Gasteiger partial charge in [-0.1, -0.05) is 43.2 Å². The van der Waals surface area contributed by atoms with Crippen molar-refractivity contribution in [2.24, 2.45) is 5.92 Å². The fourth-order valence-corrected chi connectivity index (χ4v) is 3.88. The van der Waals surface area contributed by atoms with Gasteiger partial charge in [0.1, 0.15) is 5.75 Å². The number of para-hydroxylation sites is 1. The molecule has 1 amide bonds. The van der Waals surface area contributed by atoms with Crippen LogP contribution < -0.4 is 10.1 Å². The Hall–Kier alpha value is -2.02. The lowest BCUT2D eigenvalue weighted by molar-refractivity contribution is -0.120. The van der Waals surface area contributed by atoms with Crippen LogP contribution in [-0.2, 0) is 4.79 Å². The lowest BCUT2D eigenvalue weighted by Crippen LogP contribution is -2.35. The Kier molecular flexibility index (Phi) is 6.55. The number of amides is 1. The van der Waals surface area contributed by atoms with Crippen molar-refractivity contribution in [3.8, 4) is 17.2 Å². The van der Waals surface area contributed by atoms with Gasteiger partial charge in [-0.25, -0.2) is 0 Å². The third-order valence-corrected chi connectivity index (χ3v) is 5.61. The smallest absolute Gasteiger partial charge is 0.277 e. The van der Waals surface area contributed by atoms with Crippen LogP contribution in [-0.4, -0.2) is 35.0 Å². The first-order valence-corrected chi connectivity index (χ1v) is 9.96. The van der Waals surface area contributed by atoms with Crippen LogP contribution in [0.2, 0.25) is 0 Å². The van der Waals surface area contributed by atoms with E-state index < -0.39 is 0 Å². The average molecular weight is 375 g/mol. The Labute approximate surface area is 158 Å². The van der Waals surface area contributed by atoms with Gasteiger partial charge in [0.2, 0.25) is 5.91 Å². The van der Waals surface area contributed by atoms with Gasteiger partial charge < -0.3 is 14.5 Å². The molecule has 140 valence electrons. The highest BCUT2D eigenvalue weighted by atomic mass is 32.2. The molecular formula is C19H25N3O3S. The largest absolute Gasteiger partial charge is 0.496 e. The van der Waals surface area contributed by atoms with Crippen LogP contribution in [0.3, 0.4) is 0 Å². The van der Waals surface area contributed by atoms with E-state index in [1.54, 1.807) is 7.11 Å². The molecule has 3 rings (SSSR count). The van der Waals surface area contributed by atoms with Crippen LogP contribution >= 0.6 is 11.8 Å². The Morgan fingerprint density at radius 1 is 1.31 bits per heavy atom. The van der Waals surface area contributed by atoms with Crippen molar-refractivity contribution in [3.05, 3.63) is 24.3 Å². The summed E-state index contributed by atoms with van der Waals surface area (Å²) in [6, 6.07) is 7.47. The molecule has 1 aromatic carbocycles. The van der Waals surface area contributed by atoms with Gasteiger partial charge in [-0.3, -0.25) is 4.79 Å². The number of carbonyl (C=O) groups is 1. The number of thioether (sulfide) groups is 1. The molecule has 1 heterocycles. The van der Waals surface area contributed by atoms with E-state index in [0.29, 0.717) is 22.8 Å². The highest BCUT2D eigenvalue weighted by Crippen LogP contribution is 2.31. The second-order valence-corrected chi connectivity index (χ2v) is 7.87. The van der Waals surface area contributed by atoms with Crippen LogP contribution in [0.1, 0.15) is 39.0 Å². The molecule has 1 saturated carbocycles. The van der Waals surface area contributed by atoms with Crippen molar-refractivity contribution in [1.82, 2.24) is 15.5 Å². The average Bonchev–Trinajstić information content (AvgIpc) is 3.15. The lowest BCUT2D eigenvalue weighted by Gasteiger charge is -2.22. The summed E-state index contributed by atoms with van der Waals surface area (Å²) in [6.45, 7) is 2.62. The van der Waals surface area contributed by atoms with Gasteiger partial charge in [-0.2, -0.15) is 0 Å². The van der Waals surface area contributed by atoms with E-state index >= 15 is 0 Å². The van der Waals surface area contributed by atoms with E-state index in [0.717, 1.165) is 12.1 Å². The van der Waals surface area contributed by atoms with Gasteiger partial charge in [0.05, 0.1) is 17.9 Å². The molecule has 1 aliphatic rings. The highest BCUT2D eigenvalue weighted by molar-refractivity contribution is 8.00. The van der Waals surface area contributed by atoms with Gasteiger partial charge in [0, 0.05) is 6.54 Å². The molecule has 26 heavy (non-hydrogen) atoms. The van der Waals surface area contributed by atoms with Crippen molar-refractivity contribution in [2.75, 3.05) is 13.7 Å². The number of aromatic nitrogens is 2. The fourth-order valence-electron chi connectivity index (χ4n) is 3.17. The van der Waals surface area contributed by atoms with Gasteiger partial charge in [-0.05, 0) is 37.8 Å². The Morgan fingerprint density at radius 3 is 2.85 bits per heavy atom. The van der Waals surface area contributed by atoms with Crippen molar-refractivity contribution in [2.45, 2.75) is 49.5 Å². The molecule has 0 bridgehead atoms. The van der Waals surface area contributed by atoms with E-state index in [9.17, 15) is 4.79 Å². The molecule has 0 saturated heterocycles. The summed E-state index contributed by atoms with van der Waals surface area (Å²) in [7, 11) is 1.60. The summed E-state index contributed by atoms with van der Waals surface area (Å²) in [5, 5.41) is 11.3. The first-order chi connectivity index (χ1) is 12.7. The lowest BCUT2D eigenvalue weighted by atomic mass is 9.89. The Morgan fingerprint density at radius 2 is 2.08 bits per heavy atom. The standard InChI is InChI=1S/C19H25N3O3S/c1-13(17(23)20-12-14-8-4-3-5-9-14)26-19-22-21-18(25-19)15-10-6-7-11-16(15)24-2/h6-7,10-11,13-14H,3-5,8-9,12H2,1-2H3,(H,20,23). The molecule has 0 spiro atoms. The third kappa shape index (κ3) is 4.78. The van der Waals surface area contributed by atoms with Crippen molar-refractivity contribution >= 4 is 17.7 Å². The topological polar surface area (TPSA) is 77.2 Å². The predicted octanol–water partition coefficient (Wildman–Crippen LogP) is 3.92. The van der Waals surface area contributed by atoms with Crippen LogP contribution in [0, 0.1) is 5.92 Å². The number of nitrogens with one attached hydrogen (secondary N) is 1. The maximum absolute atomic E-state index is 12.3. The minimum absolute atomic E-state index is 0.0117. The molecule has 7 heteroatoms. The summed E-state index contributed by atoms with van der Waals surface area (Å²) in [6.07, 6.45) is 6.31. The number of methoxy groups -OCH3 is 1. The predicted molar refractivity (Wildman–Crippen MR) is 101 cm³/mol. The molecule has 1 aromatic heterocycles. The molecule has 6 nitrogen and oxygen atoms in total. The van der Waals surface area contributed by atoms with E-state index in [1.165, 1.54) is 43.9 Å². The van der Waals surface area contributed by atoms with Crippen molar-refractivity contribution < 1.29 is 13.9 Å². The number of rotatable bonds is 7. The van der Waals surface area contributed by atoms with Gasteiger partial charge >= 0.3 is 0 Å². The fraction of sp³-hybridized carbons (Fsp3) is 0.526. The number of carbonyl (C=O) groups excluding carboxylic acids is 1. The summed E-state index contributed by atoms with van der Waals surface area (Å²) in [5.41, 5.74) is 0.740. The normalized spacial score (nSPS) is 16.2. The van der Waals surface area contributed by atoms with Crippen LogP contribution in [0.4, 0.5) is 0 Å². The molecule has 1 fully saturated rings. The van der Waals surface area contributed by atoms with Crippen molar-refractivity contribution in [3.63, 3.8) is 0 Å². The molecular weight excluding hydrogens is 350 g/mol. The zero-order valence-electron chi connectivity index (χ0n) is 15.2. The van der Waals surface area contributed by atoms with E-state index in [1.807, 2.05) is 31.2 Å². The van der Waals surface area contributed by atoms with Gasteiger partial charge in [-0.15, -0.1) is 10.2 Å². The van der Waals surface area contributed by atoms with Gasteiger partial charge in [0.25, 0.3) is 11.1 Å². The third-order valence-electron chi connectivity index (χ3n) is 4.68. The second kappa shape index (κ2) is 9.07. The first kappa shape index (κ1) is 18.8. The molecule has 0 aliphatic heterocycles. The number of hydrogen-bond acceptors (Lipinski definition) is 6. The zero-order chi connectivity index (χ0) is 18.4. The van der Waals surface area contributed by atoms with Crippen LogP contribution in [0.25, 0.3) is 11.5 Å². The maximum Gasteiger partial charge on any atom is 0.277 e. The monoisotopic (exact) mass is 375 g/mol. The summed E-state index contributed by atoms with van der Waals surface area (Å²) >= 11 is 1.27. The highest BCUT2D eigenvalue weighted by Gasteiger charge is 2.21. The molecule has 1 unspecified atom stereocenters. The molecule has 2 aromatic rings. The van der Waals surface area contributed by atoms with Crippen LogP contribution in [0.15, 0.2) is 33.9 Å². The second-order valence-electron chi connectivity index (χ2n) is 6.58. The molecule has 1 atom stereocenters. The Balaban J connectivity index is 1.55. The number of hydrogen-bond donors (Lipinski definition) is 1. The van der Waals surface area contributed by atoms with E-state index in [-0.39, 0.29) is 11.2 Å². The number of nitrogens with zero attached hydrogens (tertiary/aromatic N) is 2. The van der Waals surface area contributed by atoms with E-state index in [2.05, 4.69) is 15.5 Å². The number of benzene rings is 1. The summed E-state index contributed by atoms with van der Waals surface area (Å²) in [5.74, 6) is 1.69. The minimum atomic E-state index is -0.287. The van der Waals surface area contributed by atoms with Crippen LogP contribution in [0.5, 0.6) is 5.75 Å². The maximum atomic E-state index is 12.3. The first-order valence-electron chi connectivity index (χ1n) is 9.08. The minimum Gasteiger partial charge on any atom is -0.496 e. The molecule has 0 radical (unpaired) electrons. The number of ether oxygens (including phenoxy) is 1. The van der Waals surface area contributed by atoms with E-state index in [4.69, 9.17) is 9.15 Å². The SMILES string of the molecule is COc1ccccc1-c1nnc(SC(C)C(=O)NCC2CCCCC2)o1. The zero-order valence-corrected chi connectivity index (χ0v) is 16.1. The Bertz CT molecular complexity index is 728. The van der Waals surface area contributed by atoms with Crippen molar-refractivity contribution in [1.29, 1.82) is 0 Å².